The van der Waals surface area contributed by atoms with Crippen molar-refractivity contribution < 1.29 is 14.3 Å². The molecule has 0 spiro atoms. The molecule has 1 aromatic carbocycles. The van der Waals surface area contributed by atoms with Gasteiger partial charge in [0.1, 0.15) is 11.4 Å². The number of ether oxygens (including phenoxy) is 1. The average molecular weight is 497 g/mol. The zero-order chi connectivity index (χ0) is 26.0. The predicted molar refractivity (Wildman–Crippen MR) is 143 cm³/mol. The van der Waals surface area contributed by atoms with Gasteiger partial charge < -0.3 is 19.1 Å². The van der Waals surface area contributed by atoms with E-state index in [4.69, 9.17) is 9.72 Å². The van der Waals surface area contributed by atoms with E-state index >= 15 is 0 Å². The lowest BCUT2D eigenvalue weighted by Crippen LogP contribution is -2.49. The van der Waals surface area contributed by atoms with Crippen LogP contribution in [0.1, 0.15) is 102 Å². The Hall–Kier alpha value is -2.57. The molecule has 1 saturated carbocycles. The second-order valence-electron chi connectivity index (χ2n) is 11.9. The quantitative estimate of drug-likeness (QED) is 0.477. The first-order chi connectivity index (χ1) is 17.1. The highest BCUT2D eigenvalue weighted by Crippen LogP contribution is 2.36. The maximum atomic E-state index is 13.6. The van der Waals surface area contributed by atoms with E-state index in [0.717, 1.165) is 30.4 Å². The zero-order valence-electron chi connectivity index (χ0n) is 23.0. The van der Waals surface area contributed by atoms with Gasteiger partial charge in [-0.3, -0.25) is 4.79 Å². The van der Waals surface area contributed by atoms with Crippen molar-refractivity contribution in [1.29, 1.82) is 0 Å². The van der Waals surface area contributed by atoms with Crippen LogP contribution in [0, 0.1) is 5.92 Å². The number of piperidine rings is 1. The fraction of sp³-hybridized carbons (Fsp3) is 0.690. The third-order valence-corrected chi connectivity index (χ3v) is 7.45. The van der Waals surface area contributed by atoms with Crippen molar-refractivity contribution in [2.24, 2.45) is 5.92 Å². The highest BCUT2D eigenvalue weighted by Gasteiger charge is 2.32. The monoisotopic (exact) mass is 496 g/mol. The molecule has 2 aromatic rings. The smallest absolute Gasteiger partial charge is 0.410 e. The Morgan fingerprint density at radius 3 is 2.36 bits per heavy atom. The van der Waals surface area contributed by atoms with Gasteiger partial charge in [-0.05, 0) is 77.5 Å². The Morgan fingerprint density at radius 2 is 1.78 bits per heavy atom. The summed E-state index contributed by atoms with van der Waals surface area (Å²) in [5.41, 5.74) is 2.26. The van der Waals surface area contributed by atoms with Crippen molar-refractivity contribution in [2.75, 3.05) is 19.6 Å². The maximum absolute atomic E-state index is 13.6. The molecule has 7 heteroatoms. The molecule has 2 amide bonds. The molecule has 36 heavy (non-hydrogen) atoms. The van der Waals surface area contributed by atoms with Crippen molar-refractivity contribution in [2.45, 2.75) is 104 Å². The van der Waals surface area contributed by atoms with E-state index in [1.54, 1.807) is 4.90 Å². The van der Waals surface area contributed by atoms with Gasteiger partial charge in [0.05, 0.1) is 11.0 Å². The van der Waals surface area contributed by atoms with Crippen LogP contribution >= 0.6 is 0 Å². The highest BCUT2D eigenvalue weighted by atomic mass is 16.6. The number of benzene rings is 1. The number of rotatable bonds is 6. The number of carbonyl (C=O) groups excluding carboxylic acids is 2. The topological polar surface area (TPSA) is 67.7 Å². The van der Waals surface area contributed by atoms with E-state index in [2.05, 4.69) is 24.5 Å². The summed E-state index contributed by atoms with van der Waals surface area (Å²) in [6.07, 6.45) is 6.22. The molecule has 1 saturated heterocycles. The number of fused-ring (bicyclic) bond motifs is 1. The van der Waals surface area contributed by atoms with Crippen LogP contribution in [0.3, 0.4) is 0 Å². The normalized spacial score (nSPS) is 17.8. The van der Waals surface area contributed by atoms with Crippen LogP contribution in [0.2, 0.25) is 0 Å². The molecular formula is C29H44N4O3. The third kappa shape index (κ3) is 5.87. The lowest BCUT2D eigenvalue weighted by molar-refractivity contribution is 0.0150. The SMILES string of the molecule is CCN(C(=O)c1ccc2c(c1)nc(C1CCCC1)n2CC(C)C)C1CCN(C(=O)OC(C)(C)C)CC1. The van der Waals surface area contributed by atoms with Crippen molar-refractivity contribution in [3.63, 3.8) is 0 Å². The van der Waals surface area contributed by atoms with E-state index in [0.29, 0.717) is 37.0 Å². The van der Waals surface area contributed by atoms with Gasteiger partial charge in [-0.15, -0.1) is 0 Å². The van der Waals surface area contributed by atoms with Gasteiger partial charge in [-0.1, -0.05) is 26.7 Å². The number of hydrogen-bond acceptors (Lipinski definition) is 4. The number of carbonyl (C=O) groups is 2. The van der Waals surface area contributed by atoms with Crippen molar-refractivity contribution in [3.8, 4) is 0 Å². The summed E-state index contributed by atoms with van der Waals surface area (Å²) >= 11 is 0. The van der Waals surface area contributed by atoms with Crippen LogP contribution in [0.4, 0.5) is 4.79 Å². The van der Waals surface area contributed by atoms with Crippen LogP contribution < -0.4 is 0 Å². The number of nitrogens with zero attached hydrogens (tertiary/aromatic N) is 4. The van der Waals surface area contributed by atoms with E-state index < -0.39 is 5.60 Å². The molecule has 2 aliphatic rings. The number of aromatic nitrogens is 2. The number of likely N-dealkylation sites (tertiary alicyclic amines) is 1. The summed E-state index contributed by atoms with van der Waals surface area (Å²) in [6.45, 7) is 15.0. The molecule has 4 rings (SSSR count). The number of amides is 2. The minimum atomic E-state index is -0.502. The van der Waals surface area contributed by atoms with Crippen LogP contribution in [0.5, 0.6) is 0 Å². The molecule has 1 aromatic heterocycles. The standard InChI is InChI=1S/C29H44N4O3/c1-7-32(23-14-16-31(17-15-23)28(35)36-29(4,5)6)27(34)22-12-13-25-24(18-22)30-26(21-10-8-9-11-21)33(25)19-20(2)3/h12-13,18,20-21,23H,7-11,14-17,19H2,1-6H3. The summed E-state index contributed by atoms with van der Waals surface area (Å²) in [6, 6.07) is 6.17. The van der Waals surface area contributed by atoms with E-state index in [9.17, 15) is 9.59 Å². The first kappa shape index (κ1) is 26.5. The van der Waals surface area contributed by atoms with Crippen LogP contribution in [-0.2, 0) is 11.3 Å². The summed E-state index contributed by atoms with van der Waals surface area (Å²) in [5.74, 6) is 2.31. The molecule has 0 radical (unpaired) electrons. The third-order valence-electron chi connectivity index (χ3n) is 7.45. The second-order valence-corrected chi connectivity index (χ2v) is 11.9. The zero-order valence-corrected chi connectivity index (χ0v) is 23.0. The molecule has 1 aliphatic heterocycles. The number of hydrogen-bond donors (Lipinski definition) is 0. The Bertz CT molecular complexity index is 1070. The lowest BCUT2D eigenvalue weighted by Gasteiger charge is -2.38. The maximum Gasteiger partial charge on any atom is 0.410 e. The van der Waals surface area contributed by atoms with Crippen LogP contribution in [0.25, 0.3) is 11.0 Å². The predicted octanol–water partition coefficient (Wildman–Crippen LogP) is 6.21. The molecule has 2 heterocycles. The van der Waals surface area contributed by atoms with Crippen molar-refractivity contribution in [3.05, 3.63) is 29.6 Å². The molecule has 0 atom stereocenters. The molecule has 1 aliphatic carbocycles. The number of imidazole rings is 1. The molecule has 0 N–H and O–H groups in total. The van der Waals surface area contributed by atoms with Gasteiger partial charge in [0.15, 0.2) is 0 Å². The molecule has 7 nitrogen and oxygen atoms in total. The Labute approximate surface area is 216 Å². The van der Waals surface area contributed by atoms with E-state index in [1.165, 1.54) is 31.5 Å². The fourth-order valence-electron chi connectivity index (χ4n) is 5.75. The highest BCUT2D eigenvalue weighted by molar-refractivity contribution is 5.97. The van der Waals surface area contributed by atoms with Gasteiger partial charge in [0.2, 0.25) is 0 Å². The molecular weight excluding hydrogens is 452 g/mol. The minimum absolute atomic E-state index is 0.0518. The molecule has 0 unspecified atom stereocenters. The van der Waals surface area contributed by atoms with E-state index in [1.807, 2.05) is 44.7 Å². The van der Waals surface area contributed by atoms with Crippen molar-refractivity contribution >= 4 is 23.0 Å². The summed E-state index contributed by atoms with van der Waals surface area (Å²) in [4.78, 5) is 34.9. The fourth-order valence-corrected chi connectivity index (χ4v) is 5.75. The summed E-state index contributed by atoms with van der Waals surface area (Å²) in [7, 11) is 0. The molecule has 0 bridgehead atoms. The Kier molecular flexibility index (Phi) is 7.96. The summed E-state index contributed by atoms with van der Waals surface area (Å²) < 4.78 is 7.92. The van der Waals surface area contributed by atoms with Crippen LogP contribution in [-0.4, -0.2) is 62.6 Å². The Balaban J connectivity index is 1.50. The van der Waals surface area contributed by atoms with Gasteiger partial charge in [0, 0.05) is 43.7 Å². The van der Waals surface area contributed by atoms with Crippen LogP contribution in [0.15, 0.2) is 18.2 Å². The summed E-state index contributed by atoms with van der Waals surface area (Å²) in [5, 5.41) is 0. The molecule has 2 fully saturated rings. The van der Waals surface area contributed by atoms with Gasteiger partial charge in [-0.2, -0.15) is 0 Å². The average Bonchev–Trinajstić information content (AvgIpc) is 3.46. The molecule has 198 valence electrons. The van der Waals surface area contributed by atoms with Gasteiger partial charge in [-0.25, -0.2) is 9.78 Å². The van der Waals surface area contributed by atoms with E-state index in [-0.39, 0.29) is 18.0 Å². The first-order valence-corrected chi connectivity index (χ1v) is 13.9. The second kappa shape index (κ2) is 10.8. The van der Waals surface area contributed by atoms with Gasteiger partial charge >= 0.3 is 6.09 Å². The van der Waals surface area contributed by atoms with Crippen molar-refractivity contribution in [1.82, 2.24) is 19.4 Å². The Morgan fingerprint density at radius 1 is 1.11 bits per heavy atom. The first-order valence-electron chi connectivity index (χ1n) is 13.9. The van der Waals surface area contributed by atoms with Gasteiger partial charge in [0.25, 0.3) is 5.91 Å². The minimum Gasteiger partial charge on any atom is -0.444 e. The largest absolute Gasteiger partial charge is 0.444 e. The lowest BCUT2D eigenvalue weighted by atomic mass is 10.0.